The van der Waals surface area contributed by atoms with Crippen molar-refractivity contribution in [3.8, 4) is 0 Å². The highest BCUT2D eigenvalue weighted by Crippen LogP contribution is 2.24. The van der Waals surface area contributed by atoms with Gasteiger partial charge in [0.1, 0.15) is 5.69 Å². The number of hydrogen-bond acceptors (Lipinski definition) is 1. The fraction of sp³-hybridized carbons (Fsp3) is 0.300. The van der Waals surface area contributed by atoms with Gasteiger partial charge in [-0.05, 0) is 60.6 Å². The lowest BCUT2D eigenvalue weighted by molar-refractivity contribution is -0.510. The van der Waals surface area contributed by atoms with Gasteiger partial charge in [-0.1, -0.05) is 41.1 Å². The number of azo groups is 2. The second kappa shape index (κ2) is 6.69. The summed E-state index contributed by atoms with van der Waals surface area (Å²) in [5, 5.41) is 4.78. The first-order chi connectivity index (χ1) is 10.4. The number of rotatable bonds is 3. The van der Waals surface area contributed by atoms with Gasteiger partial charge in [0, 0.05) is 13.0 Å². The summed E-state index contributed by atoms with van der Waals surface area (Å²) in [5.41, 5.74) is 8.45. The molecule has 2 aromatic rings. The molecule has 0 bridgehead atoms. The van der Waals surface area contributed by atoms with E-state index in [4.69, 9.17) is 5.11 Å². The fourth-order valence-electron chi connectivity index (χ4n) is 2.55. The molecule has 2 heteroatoms. The summed E-state index contributed by atoms with van der Waals surface area (Å²) in [5.74, 6) is 0. The highest BCUT2D eigenvalue weighted by Gasteiger charge is 2.10. The Morgan fingerprint density at radius 3 is 1.82 bits per heavy atom. The van der Waals surface area contributed by atoms with Crippen molar-refractivity contribution in [1.82, 2.24) is 0 Å². The molecule has 0 amide bonds. The van der Waals surface area contributed by atoms with Gasteiger partial charge in [-0.3, -0.25) is 0 Å². The Morgan fingerprint density at radius 1 is 0.864 bits per heavy atom. The van der Waals surface area contributed by atoms with E-state index in [9.17, 15) is 0 Å². The van der Waals surface area contributed by atoms with E-state index in [0.717, 1.165) is 11.4 Å². The van der Waals surface area contributed by atoms with Crippen LogP contribution in [0.4, 0.5) is 5.69 Å². The van der Waals surface area contributed by atoms with E-state index in [1.165, 1.54) is 27.8 Å². The van der Waals surface area contributed by atoms with Gasteiger partial charge >= 0.3 is 0 Å². The quantitative estimate of drug-likeness (QED) is 0.509. The minimum atomic E-state index is 1.05. The van der Waals surface area contributed by atoms with Crippen molar-refractivity contribution in [2.45, 2.75) is 34.6 Å². The SMILES string of the molecule is CC(=Cc1c(C)cccc1C)[N+](C)=Nc1c(C)cccc1C. The molecular formula is C20H25N2+. The summed E-state index contributed by atoms with van der Waals surface area (Å²) in [6, 6.07) is 12.7. The Balaban J connectivity index is 2.42. The molecule has 0 aliphatic rings. The Hall–Kier alpha value is -2.22. The maximum Gasteiger partial charge on any atom is 0.205 e. The largest absolute Gasteiger partial charge is 0.205 e. The number of hydrogen-bond donors (Lipinski definition) is 0. The first kappa shape index (κ1) is 16.2. The van der Waals surface area contributed by atoms with Gasteiger partial charge in [-0.25, -0.2) is 0 Å². The van der Waals surface area contributed by atoms with Crippen molar-refractivity contribution in [2.24, 2.45) is 5.11 Å². The molecule has 0 aliphatic carbocycles. The lowest BCUT2D eigenvalue weighted by Gasteiger charge is -2.05. The third-order valence-corrected chi connectivity index (χ3v) is 4.10. The average Bonchev–Trinajstić information content (AvgIpc) is 2.46. The molecule has 0 unspecified atom stereocenters. The zero-order valence-corrected chi connectivity index (χ0v) is 14.4. The minimum Gasteiger partial charge on any atom is -0.0909 e. The van der Waals surface area contributed by atoms with Gasteiger partial charge in [0.05, 0.1) is 0 Å². The molecule has 114 valence electrons. The number of nitrogens with zero attached hydrogens (tertiary/aromatic N) is 2. The topological polar surface area (TPSA) is 15.4 Å². The summed E-state index contributed by atoms with van der Waals surface area (Å²) in [6.45, 7) is 10.6. The molecule has 0 spiro atoms. The molecule has 0 N–H and O–H groups in total. The first-order valence-corrected chi connectivity index (χ1v) is 7.66. The fourth-order valence-corrected chi connectivity index (χ4v) is 2.55. The molecule has 2 aromatic carbocycles. The zero-order chi connectivity index (χ0) is 16.3. The third kappa shape index (κ3) is 3.51. The third-order valence-electron chi connectivity index (χ3n) is 4.10. The summed E-state index contributed by atoms with van der Waals surface area (Å²) in [4.78, 5) is 0. The lowest BCUT2D eigenvalue weighted by atomic mass is 10.0. The zero-order valence-electron chi connectivity index (χ0n) is 14.4. The molecule has 0 atom stereocenters. The van der Waals surface area contributed by atoms with Gasteiger partial charge in [0.25, 0.3) is 0 Å². The van der Waals surface area contributed by atoms with Crippen LogP contribution in [0.5, 0.6) is 0 Å². The van der Waals surface area contributed by atoms with Crippen LogP contribution in [0.3, 0.4) is 0 Å². The van der Waals surface area contributed by atoms with Gasteiger partial charge < -0.3 is 0 Å². The van der Waals surface area contributed by atoms with E-state index in [-0.39, 0.29) is 0 Å². The second-order valence-corrected chi connectivity index (χ2v) is 5.96. The summed E-state index contributed by atoms with van der Waals surface area (Å²) < 4.78 is 1.96. The molecule has 0 fully saturated rings. The molecular weight excluding hydrogens is 268 g/mol. The summed E-state index contributed by atoms with van der Waals surface area (Å²) >= 11 is 0. The average molecular weight is 293 g/mol. The molecule has 0 heterocycles. The predicted octanol–water partition coefficient (Wildman–Crippen LogP) is 5.71. The van der Waals surface area contributed by atoms with E-state index >= 15 is 0 Å². The number of benzene rings is 2. The van der Waals surface area contributed by atoms with Crippen LogP contribution in [0.15, 0.2) is 47.2 Å². The maximum absolute atomic E-state index is 4.78. The number of aryl methyl sites for hydroxylation is 4. The van der Waals surface area contributed by atoms with Crippen LogP contribution in [-0.2, 0) is 0 Å². The molecule has 2 rings (SSSR count). The van der Waals surface area contributed by atoms with Crippen molar-refractivity contribution in [1.29, 1.82) is 0 Å². The van der Waals surface area contributed by atoms with Gasteiger partial charge in [0.2, 0.25) is 5.70 Å². The molecule has 2 nitrogen and oxygen atoms in total. The van der Waals surface area contributed by atoms with E-state index in [2.05, 4.69) is 77.1 Å². The van der Waals surface area contributed by atoms with Gasteiger partial charge in [0.15, 0.2) is 7.05 Å². The molecule has 0 saturated carbocycles. The van der Waals surface area contributed by atoms with E-state index < -0.39 is 0 Å². The van der Waals surface area contributed by atoms with Gasteiger partial charge in [-0.2, -0.15) is 0 Å². The molecule has 0 saturated heterocycles. The van der Waals surface area contributed by atoms with E-state index in [0.29, 0.717) is 0 Å². The standard InChI is InChI=1S/C20H25N2/c1-14-9-7-10-15(2)19(14)13-18(5)22(6)21-20-16(3)11-8-12-17(20)4/h7-13H,1-6H3/q+1. The van der Waals surface area contributed by atoms with Crippen molar-refractivity contribution in [2.75, 3.05) is 7.05 Å². The lowest BCUT2D eigenvalue weighted by Crippen LogP contribution is -2.00. The van der Waals surface area contributed by atoms with Gasteiger partial charge in [-0.15, -0.1) is 0 Å². The normalized spacial score (nSPS) is 12.6. The van der Waals surface area contributed by atoms with Crippen LogP contribution < -0.4 is 0 Å². The second-order valence-electron chi connectivity index (χ2n) is 5.96. The smallest absolute Gasteiger partial charge is 0.0909 e. The molecule has 22 heavy (non-hydrogen) atoms. The highest BCUT2D eigenvalue weighted by molar-refractivity contribution is 5.58. The Labute approximate surface area is 133 Å². The van der Waals surface area contributed by atoms with Crippen LogP contribution in [0.25, 0.3) is 6.08 Å². The van der Waals surface area contributed by atoms with Crippen molar-refractivity contribution >= 4 is 11.8 Å². The Kier molecular flexibility index (Phi) is 4.92. The maximum atomic E-state index is 4.78. The van der Waals surface area contributed by atoms with Crippen LogP contribution in [0.2, 0.25) is 0 Å². The van der Waals surface area contributed by atoms with E-state index in [1.807, 2.05) is 11.7 Å². The summed E-state index contributed by atoms with van der Waals surface area (Å²) in [7, 11) is 2.01. The Bertz CT molecular complexity index is 646. The van der Waals surface area contributed by atoms with Crippen LogP contribution in [-0.4, -0.2) is 11.7 Å². The van der Waals surface area contributed by atoms with Crippen LogP contribution >= 0.6 is 0 Å². The Morgan fingerprint density at radius 2 is 1.32 bits per heavy atom. The van der Waals surface area contributed by atoms with E-state index in [1.54, 1.807) is 0 Å². The van der Waals surface area contributed by atoms with Crippen molar-refractivity contribution < 1.29 is 4.70 Å². The van der Waals surface area contributed by atoms with Crippen molar-refractivity contribution in [3.63, 3.8) is 0 Å². The molecule has 0 radical (unpaired) electrons. The highest BCUT2D eigenvalue weighted by atomic mass is 15.3. The van der Waals surface area contributed by atoms with Crippen LogP contribution in [0, 0.1) is 27.7 Å². The number of allylic oxidation sites excluding steroid dienone is 1. The van der Waals surface area contributed by atoms with Crippen LogP contribution in [0.1, 0.15) is 34.7 Å². The molecule has 0 aromatic heterocycles. The first-order valence-electron chi connectivity index (χ1n) is 7.66. The summed E-state index contributed by atoms with van der Waals surface area (Å²) in [6.07, 6.45) is 2.21. The minimum absolute atomic E-state index is 1.05. The monoisotopic (exact) mass is 293 g/mol. The van der Waals surface area contributed by atoms with Crippen molar-refractivity contribution in [3.05, 3.63) is 69.9 Å². The predicted molar refractivity (Wildman–Crippen MR) is 93.8 cm³/mol. The molecule has 0 aliphatic heterocycles.